The van der Waals surface area contributed by atoms with E-state index in [0.29, 0.717) is 18.7 Å². The van der Waals surface area contributed by atoms with E-state index in [2.05, 4.69) is 17.2 Å². The molecule has 1 aromatic rings. The summed E-state index contributed by atoms with van der Waals surface area (Å²) in [5.41, 5.74) is -0.245. The van der Waals surface area contributed by atoms with Crippen molar-refractivity contribution in [2.75, 3.05) is 26.6 Å². The van der Waals surface area contributed by atoms with E-state index in [1.165, 1.54) is 13.5 Å². The Bertz CT molecular complexity index is 811. The largest absolute Gasteiger partial charge is 0.496 e. The smallest absolute Gasteiger partial charge is 0.416 e. The van der Waals surface area contributed by atoms with E-state index in [1.54, 1.807) is 6.26 Å². The van der Waals surface area contributed by atoms with E-state index in [1.807, 2.05) is 0 Å². The summed E-state index contributed by atoms with van der Waals surface area (Å²) in [6, 6.07) is 1.72. The van der Waals surface area contributed by atoms with Gasteiger partial charge in [-0.1, -0.05) is 19.3 Å². The molecule has 1 N–H and O–H groups in total. The molecular weight excluding hydrogens is 429 g/mol. The zero-order valence-electron chi connectivity index (χ0n) is 18.1. The summed E-state index contributed by atoms with van der Waals surface area (Å²) in [5, 5.41) is 3.68. The van der Waals surface area contributed by atoms with Gasteiger partial charge < -0.3 is 14.8 Å². The quantitative estimate of drug-likeness (QED) is 0.621. The van der Waals surface area contributed by atoms with Gasteiger partial charge in [-0.2, -0.15) is 13.2 Å². The van der Waals surface area contributed by atoms with Crippen LogP contribution in [-0.2, 0) is 10.9 Å². The van der Waals surface area contributed by atoms with Gasteiger partial charge in [0.05, 0.1) is 36.6 Å². The summed E-state index contributed by atoms with van der Waals surface area (Å²) < 4.78 is 50.4. The molecule has 1 aliphatic carbocycles. The lowest BCUT2D eigenvalue weighted by molar-refractivity contribution is -0.137. The molecule has 2 fully saturated rings. The molecule has 0 spiro atoms. The van der Waals surface area contributed by atoms with Gasteiger partial charge in [0, 0.05) is 17.0 Å². The molecule has 1 saturated carbocycles. The molecule has 5 nitrogen and oxygen atoms in total. The molecule has 1 saturated heterocycles. The number of hydrogen-bond donors (Lipinski definition) is 1. The number of hydrogen-bond acceptors (Lipinski definition) is 5. The molecule has 172 valence electrons. The number of ether oxygens (including phenoxy) is 2. The Hall–Kier alpha value is -1.58. The fraction of sp³-hybridized carbons (Fsp3) is 0.636. The average molecular weight is 459 g/mol. The zero-order chi connectivity index (χ0) is 22.6. The van der Waals surface area contributed by atoms with Crippen LogP contribution >= 0.6 is 11.8 Å². The number of amides is 1. The first kappa shape index (κ1) is 24.1. The predicted molar refractivity (Wildman–Crippen MR) is 115 cm³/mol. The van der Waals surface area contributed by atoms with Crippen LogP contribution in [0, 0.1) is 0 Å². The van der Waals surface area contributed by atoms with E-state index >= 15 is 0 Å². The van der Waals surface area contributed by atoms with Gasteiger partial charge in [-0.05, 0) is 44.6 Å². The highest BCUT2D eigenvalue weighted by Crippen LogP contribution is 2.38. The molecule has 0 radical (unpaired) electrons. The van der Waals surface area contributed by atoms with E-state index < -0.39 is 17.6 Å². The highest BCUT2D eigenvalue weighted by Gasteiger charge is 2.35. The van der Waals surface area contributed by atoms with Crippen LogP contribution in [0.1, 0.15) is 61.4 Å². The lowest BCUT2D eigenvalue weighted by atomic mass is 9.82. The fourth-order valence-electron chi connectivity index (χ4n) is 4.28. The standard InChI is InChI=1S/C22H29F3N2O3S/c1-21(8-5-4-6-9-21)27-15-7-10-30-13-16(15)26-20(28)19-17(29-2)11-14(22(23,24)25)12-18(19)31-3/h11-12,15,27H,4-10,13H2,1-3H3/b26-16+/t15-/m1/s1. The van der Waals surface area contributed by atoms with Crippen molar-refractivity contribution >= 4 is 23.4 Å². The van der Waals surface area contributed by atoms with Gasteiger partial charge in [0.25, 0.3) is 5.91 Å². The van der Waals surface area contributed by atoms with Crippen molar-refractivity contribution in [2.45, 2.75) is 68.1 Å². The minimum Gasteiger partial charge on any atom is -0.496 e. The molecule has 1 aliphatic heterocycles. The van der Waals surface area contributed by atoms with Crippen LogP contribution in [0.3, 0.4) is 0 Å². The molecule has 3 rings (SSSR count). The van der Waals surface area contributed by atoms with Crippen LogP contribution in [0.5, 0.6) is 5.75 Å². The number of nitrogens with one attached hydrogen (secondary N) is 1. The van der Waals surface area contributed by atoms with E-state index in [-0.39, 0.29) is 34.4 Å². The topological polar surface area (TPSA) is 59.9 Å². The van der Waals surface area contributed by atoms with Gasteiger partial charge in [-0.3, -0.25) is 4.79 Å². The third-order valence-corrected chi connectivity index (χ3v) is 6.74. The SMILES string of the molecule is COc1cc(C(F)(F)F)cc(SC)c1C(=O)/N=C1\COCC[C@H]1NC1(C)CCCCC1. The molecule has 1 amide bonds. The number of aliphatic imine (C=N–C) groups is 1. The Balaban J connectivity index is 1.91. The highest BCUT2D eigenvalue weighted by molar-refractivity contribution is 7.98. The Morgan fingerprint density at radius 2 is 2.00 bits per heavy atom. The third-order valence-electron chi connectivity index (χ3n) is 5.98. The van der Waals surface area contributed by atoms with Gasteiger partial charge in [0.2, 0.25) is 0 Å². The normalized spacial score (nSPS) is 23.0. The van der Waals surface area contributed by atoms with E-state index in [9.17, 15) is 18.0 Å². The van der Waals surface area contributed by atoms with Crippen LogP contribution in [0.4, 0.5) is 13.2 Å². The predicted octanol–water partition coefficient (Wildman–Crippen LogP) is 5.12. The number of carbonyl (C=O) groups excluding carboxylic acids is 1. The second kappa shape index (κ2) is 9.92. The summed E-state index contributed by atoms with van der Waals surface area (Å²) in [5.74, 6) is -0.745. The Morgan fingerprint density at radius 3 is 2.61 bits per heavy atom. The highest BCUT2D eigenvalue weighted by atomic mass is 32.2. The van der Waals surface area contributed by atoms with Crippen molar-refractivity contribution < 1.29 is 27.4 Å². The van der Waals surface area contributed by atoms with Gasteiger partial charge in [0.15, 0.2) is 0 Å². The number of rotatable bonds is 5. The number of benzene rings is 1. The molecular formula is C22H29F3N2O3S. The molecule has 9 heteroatoms. The molecule has 1 aromatic carbocycles. The first-order chi connectivity index (χ1) is 14.7. The third kappa shape index (κ3) is 5.81. The van der Waals surface area contributed by atoms with Crippen molar-refractivity contribution in [1.29, 1.82) is 0 Å². The Labute approximate surface area is 185 Å². The van der Waals surface area contributed by atoms with Crippen molar-refractivity contribution in [3.63, 3.8) is 0 Å². The maximum Gasteiger partial charge on any atom is 0.416 e. The summed E-state index contributed by atoms with van der Waals surface area (Å²) in [4.78, 5) is 17.6. The molecule has 0 unspecified atom stereocenters. The minimum absolute atomic E-state index is 0.0133. The Kier molecular flexibility index (Phi) is 7.70. The molecule has 2 aliphatic rings. The fourth-order valence-corrected chi connectivity index (χ4v) is 4.92. The van der Waals surface area contributed by atoms with Crippen LogP contribution < -0.4 is 10.1 Å². The van der Waals surface area contributed by atoms with Crippen LogP contribution in [0.15, 0.2) is 22.0 Å². The number of methoxy groups -OCH3 is 1. The molecule has 0 aromatic heterocycles. The molecule has 1 heterocycles. The lowest BCUT2D eigenvalue weighted by Gasteiger charge is -2.39. The van der Waals surface area contributed by atoms with Crippen LogP contribution in [0.2, 0.25) is 0 Å². The van der Waals surface area contributed by atoms with E-state index in [4.69, 9.17) is 9.47 Å². The van der Waals surface area contributed by atoms with Crippen LogP contribution in [0.25, 0.3) is 0 Å². The van der Waals surface area contributed by atoms with Crippen molar-refractivity contribution in [1.82, 2.24) is 5.32 Å². The average Bonchev–Trinajstić information content (AvgIpc) is 2.73. The lowest BCUT2D eigenvalue weighted by Crippen LogP contribution is -2.54. The monoisotopic (exact) mass is 458 g/mol. The molecule has 1 atom stereocenters. The molecule has 31 heavy (non-hydrogen) atoms. The van der Waals surface area contributed by atoms with Gasteiger partial charge >= 0.3 is 6.18 Å². The molecule has 0 bridgehead atoms. The summed E-state index contributed by atoms with van der Waals surface area (Å²) >= 11 is 1.06. The zero-order valence-corrected chi connectivity index (χ0v) is 18.9. The first-order valence-corrected chi connectivity index (χ1v) is 11.7. The number of thioether (sulfide) groups is 1. The summed E-state index contributed by atoms with van der Waals surface area (Å²) in [7, 11) is 1.25. The van der Waals surface area contributed by atoms with Crippen LogP contribution in [-0.4, -0.2) is 49.8 Å². The summed E-state index contributed by atoms with van der Waals surface area (Å²) in [6.45, 7) is 2.99. The maximum absolute atomic E-state index is 13.2. The van der Waals surface area contributed by atoms with Crippen molar-refractivity contribution in [2.24, 2.45) is 4.99 Å². The Morgan fingerprint density at radius 1 is 1.29 bits per heavy atom. The number of carbonyl (C=O) groups is 1. The van der Waals surface area contributed by atoms with Crippen molar-refractivity contribution in [3.05, 3.63) is 23.3 Å². The second-order valence-electron chi connectivity index (χ2n) is 8.32. The minimum atomic E-state index is -4.53. The van der Waals surface area contributed by atoms with Crippen molar-refractivity contribution in [3.8, 4) is 5.75 Å². The van der Waals surface area contributed by atoms with Gasteiger partial charge in [-0.15, -0.1) is 11.8 Å². The van der Waals surface area contributed by atoms with Gasteiger partial charge in [0.1, 0.15) is 5.75 Å². The first-order valence-electron chi connectivity index (χ1n) is 10.5. The summed E-state index contributed by atoms with van der Waals surface area (Å²) in [6.07, 6.45) is 3.47. The maximum atomic E-state index is 13.2. The second-order valence-corrected chi connectivity index (χ2v) is 9.17. The van der Waals surface area contributed by atoms with E-state index in [0.717, 1.165) is 49.6 Å². The number of halogens is 3. The van der Waals surface area contributed by atoms with Gasteiger partial charge in [-0.25, -0.2) is 4.99 Å². The number of nitrogens with zero attached hydrogens (tertiary/aromatic N) is 1. The number of alkyl halides is 3.